The molecule has 2 aromatic rings. The second-order valence-corrected chi connectivity index (χ2v) is 7.23. The van der Waals surface area contributed by atoms with Crippen LogP contribution in [0.3, 0.4) is 0 Å². The molecular formula is C23H23NO8. The van der Waals surface area contributed by atoms with E-state index in [4.69, 9.17) is 23.7 Å². The van der Waals surface area contributed by atoms with E-state index in [2.05, 4.69) is 0 Å². The first kappa shape index (κ1) is 21.4. The van der Waals surface area contributed by atoms with Crippen LogP contribution in [-0.4, -0.2) is 63.3 Å². The van der Waals surface area contributed by atoms with Gasteiger partial charge in [-0.05, 0) is 35.9 Å². The normalized spacial score (nSPS) is 19.1. The van der Waals surface area contributed by atoms with Crippen molar-refractivity contribution in [3.05, 3.63) is 47.0 Å². The van der Waals surface area contributed by atoms with Crippen LogP contribution in [0.1, 0.15) is 17.2 Å². The summed E-state index contributed by atoms with van der Waals surface area (Å²) in [7, 11) is 5.92. The van der Waals surface area contributed by atoms with Crippen molar-refractivity contribution in [3.8, 4) is 28.7 Å². The van der Waals surface area contributed by atoms with Gasteiger partial charge < -0.3 is 33.7 Å². The number of amides is 1. The number of aliphatic hydroxyl groups excluding tert-OH is 1. The fourth-order valence-corrected chi connectivity index (χ4v) is 3.94. The van der Waals surface area contributed by atoms with Crippen molar-refractivity contribution in [3.63, 3.8) is 0 Å². The van der Waals surface area contributed by atoms with E-state index in [0.717, 1.165) is 0 Å². The van der Waals surface area contributed by atoms with Gasteiger partial charge in [-0.25, -0.2) is 0 Å². The lowest BCUT2D eigenvalue weighted by Crippen LogP contribution is -2.25. The Kier molecular flexibility index (Phi) is 5.56. The third-order valence-electron chi connectivity index (χ3n) is 5.49. The minimum atomic E-state index is -0.864. The molecule has 0 aliphatic carbocycles. The Morgan fingerprint density at radius 3 is 2.19 bits per heavy atom. The lowest BCUT2D eigenvalue weighted by Gasteiger charge is -2.23. The Labute approximate surface area is 184 Å². The van der Waals surface area contributed by atoms with Crippen LogP contribution in [0.25, 0.3) is 5.76 Å². The Morgan fingerprint density at radius 1 is 0.969 bits per heavy atom. The summed E-state index contributed by atoms with van der Waals surface area (Å²) in [5, 5.41) is 11.1. The maximum Gasteiger partial charge on any atom is 0.295 e. The number of ketones is 1. The maximum absolute atomic E-state index is 12.9. The molecule has 1 fully saturated rings. The number of ether oxygens (including phenoxy) is 5. The molecule has 1 unspecified atom stereocenters. The number of benzene rings is 2. The van der Waals surface area contributed by atoms with Gasteiger partial charge in [-0.2, -0.15) is 0 Å². The van der Waals surface area contributed by atoms with Gasteiger partial charge in [0.2, 0.25) is 5.75 Å². The number of nitrogens with zero attached hydrogens (tertiary/aromatic N) is 1. The van der Waals surface area contributed by atoms with E-state index in [-0.39, 0.29) is 11.3 Å². The van der Waals surface area contributed by atoms with Crippen molar-refractivity contribution in [2.45, 2.75) is 6.04 Å². The number of methoxy groups -OCH3 is 3. The Morgan fingerprint density at radius 2 is 1.59 bits per heavy atom. The van der Waals surface area contributed by atoms with E-state index >= 15 is 0 Å². The van der Waals surface area contributed by atoms with Crippen molar-refractivity contribution in [2.24, 2.45) is 0 Å². The van der Waals surface area contributed by atoms with E-state index in [1.807, 2.05) is 0 Å². The Bertz CT molecular complexity index is 1100. The number of hydrogen-bond donors (Lipinski definition) is 1. The van der Waals surface area contributed by atoms with Gasteiger partial charge >= 0.3 is 0 Å². The number of aliphatic hydroxyl groups is 1. The van der Waals surface area contributed by atoms with E-state index in [0.29, 0.717) is 53.1 Å². The summed E-state index contributed by atoms with van der Waals surface area (Å²) >= 11 is 0. The average Bonchev–Trinajstić information content (AvgIpc) is 3.05. The van der Waals surface area contributed by atoms with Gasteiger partial charge in [0.15, 0.2) is 23.0 Å². The number of hydrogen-bond acceptors (Lipinski definition) is 8. The molecule has 0 radical (unpaired) electrons. The third kappa shape index (κ3) is 3.35. The minimum Gasteiger partial charge on any atom is -0.507 e. The first-order chi connectivity index (χ1) is 15.4. The lowest BCUT2D eigenvalue weighted by molar-refractivity contribution is -0.139. The van der Waals surface area contributed by atoms with Gasteiger partial charge in [0, 0.05) is 12.6 Å². The minimum absolute atomic E-state index is 0.0524. The SMILES string of the molecule is COc1cc(C2/C(=C(\O)c3ccc4c(c3)OCCO4)C(=O)C(=O)N2C)cc(OC)c1OC. The molecule has 1 amide bonds. The third-order valence-corrected chi connectivity index (χ3v) is 5.49. The summed E-state index contributed by atoms with van der Waals surface area (Å²) in [6, 6.07) is 7.27. The standard InChI is InChI=1S/C23H23NO8/c1-24-19(13-10-16(28-2)22(30-4)17(11-13)29-3)18(21(26)23(24)27)20(25)12-5-6-14-15(9-12)32-8-7-31-14/h5-6,9-11,19,25H,7-8H2,1-4H3/b20-18+. The van der Waals surface area contributed by atoms with Crippen LogP contribution in [0.15, 0.2) is 35.9 Å². The van der Waals surface area contributed by atoms with Crippen molar-refractivity contribution < 1.29 is 38.4 Å². The molecule has 2 aliphatic heterocycles. The zero-order chi connectivity index (χ0) is 23.0. The van der Waals surface area contributed by atoms with Crippen molar-refractivity contribution >= 4 is 17.4 Å². The number of Topliss-reactive ketones (excluding diaryl/α,β-unsaturated/α-hetero) is 1. The molecular weight excluding hydrogens is 418 g/mol. The highest BCUT2D eigenvalue weighted by molar-refractivity contribution is 6.46. The average molecular weight is 441 g/mol. The Hall–Kier alpha value is -3.88. The zero-order valence-electron chi connectivity index (χ0n) is 18.1. The molecule has 2 aromatic carbocycles. The molecule has 2 heterocycles. The van der Waals surface area contributed by atoms with Crippen molar-refractivity contribution in [1.82, 2.24) is 4.90 Å². The second-order valence-electron chi connectivity index (χ2n) is 7.23. The summed E-state index contributed by atoms with van der Waals surface area (Å²) in [4.78, 5) is 26.8. The fraction of sp³-hybridized carbons (Fsp3) is 0.304. The maximum atomic E-state index is 12.9. The van der Waals surface area contributed by atoms with Crippen LogP contribution in [0.5, 0.6) is 28.7 Å². The summed E-state index contributed by atoms with van der Waals surface area (Å²) in [6.45, 7) is 0.808. The van der Waals surface area contributed by atoms with Gasteiger partial charge in [0.1, 0.15) is 19.0 Å². The Balaban J connectivity index is 1.88. The molecule has 9 nitrogen and oxygen atoms in total. The molecule has 0 saturated carbocycles. The predicted molar refractivity (Wildman–Crippen MR) is 114 cm³/mol. The van der Waals surface area contributed by atoms with Crippen LogP contribution < -0.4 is 23.7 Å². The number of rotatable bonds is 5. The molecule has 1 saturated heterocycles. The fourth-order valence-electron chi connectivity index (χ4n) is 3.94. The molecule has 0 spiro atoms. The van der Waals surface area contributed by atoms with Gasteiger partial charge in [-0.1, -0.05) is 0 Å². The van der Waals surface area contributed by atoms with Crippen LogP contribution in [-0.2, 0) is 9.59 Å². The van der Waals surface area contributed by atoms with E-state index < -0.39 is 17.7 Å². The highest BCUT2D eigenvalue weighted by Gasteiger charge is 2.45. The smallest absolute Gasteiger partial charge is 0.295 e. The van der Waals surface area contributed by atoms with Crippen LogP contribution in [0.2, 0.25) is 0 Å². The molecule has 1 atom stereocenters. The number of likely N-dealkylation sites (tertiary alicyclic amines) is 1. The van der Waals surface area contributed by atoms with Crippen LogP contribution >= 0.6 is 0 Å². The molecule has 4 rings (SSSR count). The van der Waals surface area contributed by atoms with Gasteiger partial charge in [0.05, 0.1) is 32.9 Å². The lowest BCUT2D eigenvalue weighted by atomic mass is 9.94. The molecule has 0 bridgehead atoms. The first-order valence-electron chi connectivity index (χ1n) is 9.85. The molecule has 0 aromatic heterocycles. The summed E-state index contributed by atoms with van der Waals surface area (Å²) in [5.74, 6) is 0.254. The second kappa shape index (κ2) is 8.33. The number of carbonyl (C=O) groups excluding carboxylic acids is 2. The molecule has 1 N–H and O–H groups in total. The topological polar surface area (TPSA) is 104 Å². The largest absolute Gasteiger partial charge is 0.507 e. The predicted octanol–water partition coefficient (Wildman–Crippen LogP) is 2.54. The monoisotopic (exact) mass is 441 g/mol. The summed E-state index contributed by atoms with van der Waals surface area (Å²) in [6.07, 6.45) is 0. The zero-order valence-corrected chi connectivity index (χ0v) is 18.1. The van der Waals surface area contributed by atoms with Crippen LogP contribution in [0, 0.1) is 0 Å². The van der Waals surface area contributed by atoms with E-state index in [1.165, 1.54) is 33.3 Å². The van der Waals surface area contributed by atoms with Gasteiger partial charge in [-0.15, -0.1) is 0 Å². The first-order valence-corrected chi connectivity index (χ1v) is 9.85. The quantitative estimate of drug-likeness (QED) is 0.429. The number of carbonyl (C=O) groups is 2. The molecule has 32 heavy (non-hydrogen) atoms. The molecule has 9 heteroatoms. The van der Waals surface area contributed by atoms with E-state index in [1.54, 1.807) is 30.3 Å². The number of likely N-dealkylation sites (N-methyl/N-ethyl adjacent to an activating group) is 1. The number of fused-ring (bicyclic) bond motifs is 1. The summed E-state index contributed by atoms with van der Waals surface area (Å²) in [5.41, 5.74) is 0.793. The highest BCUT2D eigenvalue weighted by Crippen LogP contribution is 2.45. The van der Waals surface area contributed by atoms with Crippen molar-refractivity contribution in [1.29, 1.82) is 0 Å². The summed E-state index contributed by atoms with van der Waals surface area (Å²) < 4.78 is 27.3. The van der Waals surface area contributed by atoms with Gasteiger partial charge in [0.25, 0.3) is 11.7 Å². The molecule has 2 aliphatic rings. The van der Waals surface area contributed by atoms with Gasteiger partial charge in [-0.3, -0.25) is 9.59 Å². The van der Waals surface area contributed by atoms with Crippen molar-refractivity contribution in [2.75, 3.05) is 41.6 Å². The highest BCUT2D eigenvalue weighted by atomic mass is 16.6. The molecule has 168 valence electrons. The van der Waals surface area contributed by atoms with E-state index in [9.17, 15) is 14.7 Å². The van der Waals surface area contributed by atoms with Crippen LogP contribution in [0.4, 0.5) is 0 Å².